The summed E-state index contributed by atoms with van der Waals surface area (Å²) in [7, 11) is 0. The van der Waals surface area contributed by atoms with Crippen molar-refractivity contribution in [1.82, 2.24) is 0 Å². The van der Waals surface area contributed by atoms with Crippen molar-refractivity contribution in [1.29, 1.82) is 0 Å². The molecule has 0 spiro atoms. The summed E-state index contributed by atoms with van der Waals surface area (Å²) in [6.07, 6.45) is 42.5. The molecule has 244 valence electrons. The number of hydrogen-bond acceptors (Lipinski definition) is 2. The average molecular weight is 577 g/mol. The van der Waals surface area contributed by atoms with Crippen molar-refractivity contribution in [3.63, 3.8) is 0 Å². The lowest BCUT2D eigenvalue weighted by Gasteiger charge is -2.16. The lowest BCUT2D eigenvalue weighted by molar-refractivity contribution is -0.120. The Labute approximate surface area is 259 Å². The van der Waals surface area contributed by atoms with E-state index in [0.717, 1.165) is 32.1 Å². The maximum Gasteiger partial charge on any atom is 0.133 e. The fourth-order valence-electron chi connectivity index (χ4n) is 6.37. The molecule has 0 rings (SSSR count). The number of unbranched alkanes of at least 4 members (excludes halogenated alkanes) is 25. The van der Waals surface area contributed by atoms with Gasteiger partial charge in [0, 0.05) is 19.3 Å². The van der Waals surface area contributed by atoms with Gasteiger partial charge in [0.2, 0.25) is 0 Å². The molecule has 1 unspecified atom stereocenters. The van der Waals surface area contributed by atoms with Gasteiger partial charge in [-0.15, -0.1) is 0 Å². The first-order valence-electron chi connectivity index (χ1n) is 19.1. The lowest BCUT2D eigenvalue weighted by atomic mass is 9.89. The summed E-state index contributed by atoms with van der Waals surface area (Å²) in [6.45, 7) is 6.28. The van der Waals surface area contributed by atoms with Crippen LogP contribution in [0.1, 0.15) is 233 Å². The van der Waals surface area contributed by atoms with Gasteiger partial charge in [0.1, 0.15) is 11.6 Å². The molecule has 0 amide bonds. The van der Waals surface area contributed by atoms with Crippen LogP contribution in [0.2, 0.25) is 0 Å². The zero-order chi connectivity index (χ0) is 30.1. The largest absolute Gasteiger partial charge is 0.300 e. The van der Waals surface area contributed by atoms with Gasteiger partial charge in [-0.25, -0.2) is 0 Å². The molecule has 41 heavy (non-hydrogen) atoms. The maximum atomic E-state index is 12.8. The molecule has 0 aromatic rings. The molecule has 0 N–H and O–H groups in total. The highest BCUT2D eigenvalue weighted by molar-refractivity contribution is 5.78. The Hall–Kier alpha value is -0.660. The minimum absolute atomic E-state index is 0.322. The zero-order valence-corrected chi connectivity index (χ0v) is 28.7. The van der Waals surface area contributed by atoms with Gasteiger partial charge in [0.25, 0.3) is 0 Å². The van der Waals surface area contributed by atoms with E-state index in [9.17, 15) is 9.59 Å². The van der Waals surface area contributed by atoms with Crippen LogP contribution < -0.4 is 0 Å². The quantitative estimate of drug-likeness (QED) is 0.0703. The molecule has 0 aliphatic carbocycles. The third-order valence-electron chi connectivity index (χ3n) is 9.18. The Balaban J connectivity index is 3.91. The summed E-state index contributed by atoms with van der Waals surface area (Å²) in [5.41, 5.74) is 0. The molecule has 1 atom stereocenters. The van der Waals surface area contributed by atoms with Crippen LogP contribution in [0, 0.1) is 5.92 Å². The molecule has 2 nitrogen and oxygen atoms in total. The van der Waals surface area contributed by atoms with Gasteiger partial charge in [-0.3, -0.25) is 4.79 Å². The van der Waals surface area contributed by atoms with Gasteiger partial charge >= 0.3 is 0 Å². The van der Waals surface area contributed by atoms with Crippen molar-refractivity contribution in [2.24, 2.45) is 5.92 Å². The highest BCUT2D eigenvalue weighted by atomic mass is 16.1. The SMILES string of the molecule is CCCCCCCCCCCCCCCCCC(=O)CC(CCCCCCCCCC)CCCCCCCC(C)=O. The van der Waals surface area contributed by atoms with E-state index >= 15 is 0 Å². The van der Waals surface area contributed by atoms with Crippen LogP contribution in [0.15, 0.2) is 0 Å². The van der Waals surface area contributed by atoms with Gasteiger partial charge in [0.15, 0.2) is 0 Å². The van der Waals surface area contributed by atoms with Crippen LogP contribution in [0.4, 0.5) is 0 Å². The van der Waals surface area contributed by atoms with Crippen molar-refractivity contribution in [2.75, 3.05) is 0 Å². The van der Waals surface area contributed by atoms with Gasteiger partial charge in [-0.1, -0.05) is 194 Å². The number of rotatable bonds is 35. The second-order valence-electron chi connectivity index (χ2n) is 13.6. The van der Waals surface area contributed by atoms with E-state index in [1.54, 1.807) is 6.92 Å². The predicted molar refractivity (Wildman–Crippen MR) is 183 cm³/mol. The Bertz CT molecular complexity index is 540. The molecule has 0 heterocycles. The molecule has 0 saturated heterocycles. The first kappa shape index (κ1) is 40.3. The molecular formula is C39H76O2. The summed E-state index contributed by atoms with van der Waals surface area (Å²) in [6, 6.07) is 0. The highest BCUT2D eigenvalue weighted by Gasteiger charge is 2.14. The fourth-order valence-corrected chi connectivity index (χ4v) is 6.37. The maximum absolute atomic E-state index is 12.8. The second-order valence-corrected chi connectivity index (χ2v) is 13.6. The van der Waals surface area contributed by atoms with Crippen molar-refractivity contribution < 1.29 is 9.59 Å². The normalized spacial score (nSPS) is 12.2. The molecule has 0 aliphatic rings. The second kappa shape index (κ2) is 33.8. The van der Waals surface area contributed by atoms with Gasteiger partial charge < -0.3 is 4.79 Å². The third kappa shape index (κ3) is 33.7. The van der Waals surface area contributed by atoms with Gasteiger partial charge in [-0.05, 0) is 25.7 Å². The molecule has 0 aromatic heterocycles. The summed E-state index contributed by atoms with van der Waals surface area (Å²) in [5, 5.41) is 0. The van der Waals surface area contributed by atoms with Gasteiger partial charge in [0.05, 0.1) is 0 Å². The van der Waals surface area contributed by atoms with Crippen molar-refractivity contribution >= 4 is 11.6 Å². The summed E-state index contributed by atoms with van der Waals surface area (Å²) in [4.78, 5) is 24.0. The summed E-state index contributed by atoms with van der Waals surface area (Å²) in [5.74, 6) is 1.46. The van der Waals surface area contributed by atoms with E-state index in [0.29, 0.717) is 17.5 Å². The smallest absolute Gasteiger partial charge is 0.133 e. The van der Waals surface area contributed by atoms with E-state index in [1.165, 1.54) is 180 Å². The molecular weight excluding hydrogens is 500 g/mol. The van der Waals surface area contributed by atoms with Crippen molar-refractivity contribution in [3.8, 4) is 0 Å². The molecule has 0 aromatic carbocycles. The first-order chi connectivity index (χ1) is 20.1. The molecule has 0 aliphatic heterocycles. The number of ketones is 2. The number of carbonyl (C=O) groups is 2. The standard InChI is InChI=1S/C39H76O2/c1-4-6-8-10-12-14-15-16-17-18-19-20-22-27-31-35-39(41)36-38(33-29-25-21-13-11-9-7-5-2)34-30-26-23-24-28-32-37(3)40/h38H,4-36H2,1-3H3. The van der Waals surface area contributed by atoms with Crippen LogP contribution in [0.3, 0.4) is 0 Å². The Morgan fingerprint density at radius 1 is 0.390 bits per heavy atom. The van der Waals surface area contributed by atoms with Crippen molar-refractivity contribution in [3.05, 3.63) is 0 Å². The van der Waals surface area contributed by atoms with Crippen LogP contribution in [0.25, 0.3) is 0 Å². The van der Waals surface area contributed by atoms with Crippen LogP contribution >= 0.6 is 0 Å². The third-order valence-corrected chi connectivity index (χ3v) is 9.18. The highest BCUT2D eigenvalue weighted by Crippen LogP contribution is 2.24. The fraction of sp³-hybridized carbons (Fsp3) is 0.949. The monoisotopic (exact) mass is 577 g/mol. The topological polar surface area (TPSA) is 34.1 Å². The van der Waals surface area contributed by atoms with E-state index < -0.39 is 0 Å². The molecule has 0 fully saturated rings. The minimum Gasteiger partial charge on any atom is -0.300 e. The van der Waals surface area contributed by atoms with Gasteiger partial charge in [-0.2, -0.15) is 0 Å². The molecule has 2 heteroatoms. The van der Waals surface area contributed by atoms with E-state index in [-0.39, 0.29) is 0 Å². The summed E-state index contributed by atoms with van der Waals surface area (Å²) >= 11 is 0. The molecule has 0 saturated carbocycles. The zero-order valence-electron chi connectivity index (χ0n) is 28.7. The predicted octanol–water partition coefficient (Wildman–Crippen LogP) is 13.7. The van der Waals surface area contributed by atoms with E-state index in [1.807, 2.05) is 0 Å². The van der Waals surface area contributed by atoms with Crippen LogP contribution in [-0.4, -0.2) is 11.6 Å². The number of hydrogen-bond donors (Lipinski definition) is 0. The Morgan fingerprint density at radius 3 is 1.02 bits per heavy atom. The van der Waals surface area contributed by atoms with E-state index in [2.05, 4.69) is 13.8 Å². The minimum atomic E-state index is 0.322. The summed E-state index contributed by atoms with van der Waals surface area (Å²) < 4.78 is 0. The Morgan fingerprint density at radius 2 is 0.683 bits per heavy atom. The first-order valence-corrected chi connectivity index (χ1v) is 19.1. The number of carbonyl (C=O) groups excluding carboxylic acids is 2. The average Bonchev–Trinajstić information content (AvgIpc) is 2.95. The molecule has 0 bridgehead atoms. The Kier molecular flexibility index (Phi) is 33.3. The van der Waals surface area contributed by atoms with Crippen molar-refractivity contribution in [2.45, 2.75) is 233 Å². The van der Waals surface area contributed by atoms with E-state index in [4.69, 9.17) is 0 Å². The molecule has 0 radical (unpaired) electrons. The van der Waals surface area contributed by atoms with Crippen LogP contribution in [-0.2, 0) is 9.59 Å². The van der Waals surface area contributed by atoms with Crippen LogP contribution in [0.5, 0.6) is 0 Å². The lowest BCUT2D eigenvalue weighted by Crippen LogP contribution is -2.09. The number of Topliss-reactive ketones (excluding diaryl/α,β-unsaturated/α-hetero) is 2.